The number of nitrogens with zero attached hydrogens (tertiary/aromatic N) is 6. The first-order valence-electron chi connectivity index (χ1n) is 8.69. The maximum absolute atomic E-state index is 14.5. The Kier molecular flexibility index (Phi) is 4.91. The van der Waals surface area contributed by atoms with Gasteiger partial charge in [-0.05, 0) is 6.92 Å². The van der Waals surface area contributed by atoms with Crippen molar-refractivity contribution >= 4 is 28.3 Å². The highest BCUT2D eigenvalue weighted by atomic mass is 35.5. The van der Waals surface area contributed by atoms with E-state index in [2.05, 4.69) is 20.1 Å². The van der Waals surface area contributed by atoms with E-state index in [0.717, 1.165) is 0 Å². The van der Waals surface area contributed by atoms with Gasteiger partial charge in [-0.1, -0.05) is 11.6 Å². The van der Waals surface area contributed by atoms with Gasteiger partial charge in [0, 0.05) is 23.7 Å². The quantitative estimate of drug-likeness (QED) is 0.448. The van der Waals surface area contributed by atoms with Crippen LogP contribution in [0.1, 0.15) is 5.82 Å². The second-order valence-corrected chi connectivity index (χ2v) is 7.23. The number of fused-ring (bicyclic) bond motifs is 1. The third-order valence-corrected chi connectivity index (χ3v) is 4.66. The van der Waals surface area contributed by atoms with E-state index in [1.165, 1.54) is 29.4 Å². The van der Waals surface area contributed by atoms with E-state index < -0.39 is 31.3 Å². The smallest absolute Gasteiger partial charge is 0.408 e. The van der Waals surface area contributed by atoms with Crippen LogP contribution in [-0.2, 0) is 6.54 Å². The average molecular weight is 449 g/mol. The molecule has 0 amide bonds. The minimum atomic E-state index is -4.49. The van der Waals surface area contributed by atoms with Crippen molar-refractivity contribution in [2.24, 2.45) is 0 Å². The zero-order valence-corrected chi connectivity index (χ0v) is 16.1. The molecule has 1 aliphatic heterocycles. The van der Waals surface area contributed by atoms with Crippen LogP contribution in [-0.4, -0.2) is 56.0 Å². The molecule has 4 heterocycles. The Morgan fingerprint density at radius 2 is 2.00 bits per heavy atom. The Morgan fingerprint density at radius 3 is 2.70 bits per heavy atom. The van der Waals surface area contributed by atoms with Gasteiger partial charge in [0.05, 0.1) is 24.8 Å². The number of ether oxygens (including phenoxy) is 1. The number of hydrogen-bond acceptors (Lipinski definition) is 6. The second kappa shape index (κ2) is 7.18. The maximum atomic E-state index is 14.5. The van der Waals surface area contributed by atoms with E-state index >= 15 is 0 Å². The third-order valence-electron chi connectivity index (χ3n) is 4.47. The van der Waals surface area contributed by atoms with Crippen LogP contribution in [0.2, 0.25) is 5.15 Å². The molecule has 1 fully saturated rings. The summed E-state index contributed by atoms with van der Waals surface area (Å²) < 4.78 is 73.3. The standard InChI is InChI=1S/C17H14ClF5N6O/c1-9-26-13(18)3-14(27-9)28-6-12(16(19,20)7-28)30-15-2-11-10(4-24-15)5-25-29(11)8-17(21,22)23/h2-5,12H,6-8H2,1H3/t12-/m0/s1. The highest BCUT2D eigenvalue weighted by Crippen LogP contribution is 2.34. The van der Waals surface area contributed by atoms with Gasteiger partial charge in [0.25, 0.3) is 0 Å². The van der Waals surface area contributed by atoms with Crippen molar-refractivity contribution in [3.8, 4) is 5.88 Å². The van der Waals surface area contributed by atoms with Crippen LogP contribution in [0.5, 0.6) is 5.88 Å². The van der Waals surface area contributed by atoms with Crippen molar-refractivity contribution in [3.05, 3.63) is 35.5 Å². The molecule has 0 spiro atoms. The number of rotatable bonds is 4. The Morgan fingerprint density at radius 1 is 1.23 bits per heavy atom. The van der Waals surface area contributed by atoms with Crippen molar-refractivity contribution in [3.63, 3.8) is 0 Å². The van der Waals surface area contributed by atoms with Crippen LogP contribution in [0.25, 0.3) is 10.9 Å². The second-order valence-electron chi connectivity index (χ2n) is 6.84. The van der Waals surface area contributed by atoms with Crippen molar-refractivity contribution in [2.45, 2.75) is 31.7 Å². The van der Waals surface area contributed by atoms with Crippen LogP contribution in [0.3, 0.4) is 0 Å². The Hall–Kier alpha value is -2.76. The number of aryl methyl sites for hydroxylation is 1. The lowest BCUT2D eigenvalue weighted by molar-refractivity contribution is -0.141. The SMILES string of the molecule is Cc1nc(Cl)cc(N2C[C@H](Oc3cc4c(cn3)cnn4CC(F)(F)F)C(F)(F)C2)n1. The molecule has 13 heteroatoms. The molecule has 1 saturated heterocycles. The number of aromatic nitrogens is 5. The first-order chi connectivity index (χ1) is 14.0. The molecule has 0 radical (unpaired) electrons. The highest BCUT2D eigenvalue weighted by molar-refractivity contribution is 6.29. The first-order valence-corrected chi connectivity index (χ1v) is 9.07. The van der Waals surface area contributed by atoms with Gasteiger partial charge in [0.1, 0.15) is 23.3 Å². The van der Waals surface area contributed by atoms with Gasteiger partial charge in [0.15, 0.2) is 6.10 Å². The van der Waals surface area contributed by atoms with Crippen LogP contribution in [0.15, 0.2) is 24.5 Å². The summed E-state index contributed by atoms with van der Waals surface area (Å²) in [4.78, 5) is 13.2. The fourth-order valence-electron chi connectivity index (χ4n) is 3.19. The van der Waals surface area contributed by atoms with Crippen LogP contribution in [0.4, 0.5) is 27.8 Å². The van der Waals surface area contributed by atoms with E-state index in [0.29, 0.717) is 15.9 Å². The fraction of sp³-hybridized carbons (Fsp3) is 0.412. The zero-order chi connectivity index (χ0) is 21.7. The summed E-state index contributed by atoms with van der Waals surface area (Å²) in [6.45, 7) is -0.623. The van der Waals surface area contributed by atoms with Crippen molar-refractivity contribution in [1.29, 1.82) is 0 Å². The van der Waals surface area contributed by atoms with Crippen molar-refractivity contribution in [2.75, 3.05) is 18.0 Å². The molecule has 0 bridgehead atoms. The Labute approximate surface area is 171 Å². The largest absolute Gasteiger partial charge is 0.466 e. The average Bonchev–Trinajstić information content (AvgIpc) is 3.13. The molecule has 0 aromatic carbocycles. The van der Waals surface area contributed by atoms with Crippen LogP contribution in [0, 0.1) is 6.92 Å². The molecular formula is C17H14ClF5N6O. The topological polar surface area (TPSA) is 69.0 Å². The molecule has 0 N–H and O–H groups in total. The van der Waals surface area contributed by atoms with Crippen molar-refractivity contribution < 1.29 is 26.7 Å². The molecule has 30 heavy (non-hydrogen) atoms. The summed E-state index contributed by atoms with van der Waals surface area (Å²) >= 11 is 5.88. The van der Waals surface area contributed by atoms with Crippen LogP contribution >= 0.6 is 11.6 Å². The van der Waals surface area contributed by atoms with E-state index in [1.807, 2.05) is 0 Å². The molecule has 7 nitrogen and oxygen atoms in total. The van der Waals surface area contributed by atoms with E-state index in [1.54, 1.807) is 6.92 Å². The molecule has 0 saturated carbocycles. The monoisotopic (exact) mass is 448 g/mol. The zero-order valence-electron chi connectivity index (χ0n) is 15.4. The lowest BCUT2D eigenvalue weighted by Gasteiger charge is -2.18. The maximum Gasteiger partial charge on any atom is 0.408 e. The molecule has 4 rings (SSSR count). The highest BCUT2D eigenvalue weighted by Gasteiger charge is 2.50. The van der Waals surface area contributed by atoms with Gasteiger partial charge >= 0.3 is 12.1 Å². The van der Waals surface area contributed by atoms with Crippen LogP contribution < -0.4 is 9.64 Å². The molecular weight excluding hydrogens is 435 g/mol. The van der Waals surface area contributed by atoms with E-state index in [-0.39, 0.29) is 28.9 Å². The summed E-state index contributed by atoms with van der Waals surface area (Å²) in [5, 5.41) is 4.12. The predicted molar refractivity (Wildman–Crippen MR) is 96.9 cm³/mol. The minimum absolute atomic E-state index is 0.0775. The Bertz CT molecular complexity index is 1070. The lowest BCUT2D eigenvalue weighted by Crippen LogP contribution is -2.36. The summed E-state index contributed by atoms with van der Waals surface area (Å²) in [7, 11) is 0. The number of hydrogen-bond donors (Lipinski definition) is 0. The summed E-state index contributed by atoms with van der Waals surface area (Å²) in [6.07, 6.45) is -3.64. The number of pyridine rings is 1. The third kappa shape index (κ3) is 4.23. The van der Waals surface area contributed by atoms with E-state index in [4.69, 9.17) is 16.3 Å². The van der Waals surface area contributed by atoms with Gasteiger partial charge in [-0.2, -0.15) is 18.3 Å². The number of halogens is 6. The first kappa shape index (κ1) is 20.5. The molecule has 0 unspecified atom stereocenters. The number of anilines is 1. The van der Waals surface area contributed by atoms with Gasteiger partial charge in [-0.3, -0.25) is 4.68 Å². The molecule has 0 aliphatic carbocycles. The van der Waals surface area contributed by atoms with Gasteiger partial charge in [0.2, 0.25) is 5.88 Å². The molecule has 3 aromatic heterocycles. The number of alkyl halides is 5. The normalized spacial score (nSPS) is 18.9. The summed E-state index contributed by atoms with van der Waals surface area (Å²) in [5.41, 5.74) is 0.0775. The summed E-state index contributed by atoms with van der Waals surface area (Å²) in [6, 6.07) is 2.53. The van der Waals surface area contributed by atoms with Gasteiger partial charge < -0.3 is 9.64 Å². The Balaban J connectivity index is 1.57. The molecule has 1 atom stereocenters. The van der Waals surface area contributed by atoms with E-state index in [9.17, 15) is 22.0 Å². The fourth-order valence-corrected chi connectivity index (χ4v) is 3.41. The summed E-state index contributed by atoms with van der Waals surface area (Å²) in [5.74, 6) is -2.93. The van der Waals surface area contributed by atoms with Gasteiger partial charge in [-0.25, -0.2) is 23.7 Å². The molecule has 1 aliphatic rings. The van der Waals surface area contributed by atoms with Gasteiger partial charge in [-0.15, -0.1) is 0 Å². The van der Waals surface area contributed by atoms with Crippen molar-refractivity contribution in [1.82, 2.24) is 24.7 Å². The molecule has 160 valence electrons. The minimum Gasteiger partial charge on any atom is -0.466 e. The molecule has 3 aromatic rings. The predicted octanol–water partition coefficient (Wildman–Crippen LogP) is 3.65. The lowest BCUT2D eigenvalue weighted by atomic mass is 10.2.